The third-order valence-corrected chi connectivity index (χ3v) is 4.36. The molecule has 2 fully saturated rings. The second kappa shape index (κ2) is 3.10. The van der Waals surface area contributed by atoms with E-state index >= 15 is 0 Å². The van der Waals surface area contributed by atoms with Crippen molar-refractivity contribution >= 4 is 11.0 Å². The third-order valence-electron chi connectivity index (χ3n) is 4.36. The topological polar surface area (TPSA) is 54.7 Å². The van der Waals surface area contributed by atoms with Crippen molar-refractivity contribution in [2.24, 2.45) is 5.73 Å². The summed E-state index contributed by atoms with van der Waals surface area (Å²) in [5.74, 6) is 1.84. The quantitative estimate of drug-likeness (QED) is 0.828. The molecule has 0 amide bonds. The number of nitrogens with zero attached hydrogens (tertiary/aromatic N) is 1. The SMILES string of the molecule is NC1(c2ccc3nc(C4CCC4)[nH]c3c2)CC1. The summed E-state index contributed by atoms with van der Waals surface area (Å²) in [6.07, 6.45) is 6.14. The van der Waals surface area contributed by atoms with E-state index in [9.17, 15) is 0 Å². The van der Waals surface area contributed by atoms with E-state index in [1.54, 1.807) is 0 Å². The Morgan fingerprint density at radius 2 is 2.12 bits per heavy atom. The smallest absolute Gasteiger partial charge is 0.110 e. The van der Waals surface area contributed by atoms with Crippen molar-refractivity contribution in [3.8, 4) is 0 Å². The van der Waals surface area contributed by atoms with Crippen molar-refractivity contribution in [1.82, 2.24) is 9.97 Å². The number of rotatable bonds is 2. The van der Waals surface area contributed by atoms with Gasteiger partial charge in [0.25, 0.3) is 0 Å². The van der Waals surface area contributed by atoms with Gasteiger partial charge in [0.2, 0.25) is 0 Å². The van der Waals surface area contributed by atoms with E-state index in [2.05, 4.69) is 28.2 Å². The van der Waals surface area contributed by atoms with Gasteiger partial charge in [0, 0.05) is 11.5 Å². The number of imidazole rings is 1. The molecule has 3 N–H and O–H groups in total. The van der Waals surface area contributed by atoms with Crippen molar-refractivity contribution in [3.05, 3.63) is 29.6 Å². The number of H-pyrrole nitrogens is 1. The number of aromatic nitrogens is 2. The predicted octanol–water partition coefficient (Wildman–Crippen LogP) is 2.78. The Morgan fingerprint density at radius 3 is 2.76 bits per heavy atom. The Kier molecular flexibility index (Phi) is 1.76. The molecule has 0 bridgehead atoms. The number of benzene rings is 1. The molecule has 1 heterocycles. The molecule has 4 rings (SSSR count). The summed E-state index contributed by atoms with van der Waals surface area (Å²) in [5.41, 5.74) is 9.68. The second-order valence-electron chi connectivity index (χ2n) is 5.64. The molecule has 0 spiro atoms. The highest BCUT2D eigenvalue weighted by molar-refractivity contribution is 5.76. The minimum atomic E-state index is -0.0457. The first-order chi connectivity index (χ1) is 8.24. The molecule has 0 saturated heterocycles. The van der Waals surface area contributed by atoms with Gasteiger partial charge < -0.3 is 10.7 Å². The van der Waals surface area contributed by atoms with Gasteiger partial charge in [-0.25, -0.2) is 4.98 Å². The number of nitrogens with two attached hydrogens (primary N) is 1. The summed E-state index contributed by atoms with van der Waals surface area (Å²) >= 11 is 0. The molecule has 1 aromatic carbocycles. The lowest BCUT2D eigenvalue weighted by Crippen LogP contribution is -2.18. The van der Waals surface area contributed by atoms with Crippen molar-refractivity contribution in [3.63, 3.8) is 0 Å². The molecular weight excluding hydrogens is 210 g/mol. The molecule has 0 aliphatic heterocycles. The molecule has 17 heavy (non-hydrogen) atoms. The highest BCUT2D eigenvalue weighted by Gasteiger charge is 2.40. The van der Waals surface area contributed by atoms with E-state index < -0.39 is 0 Å². The zero-order valence-electron chi connectivity index (χ0n) is 9.87. The van der Waals surface area contributed by atoms with Crippen molar-refractivity contribution in [2.75, 3.05) is 0 Å². The minimum absolute atomic E-state index is 0.0457. The summed E-state index contributed by atoms with van der Waals surface area (Å²) in [5, 5.41) is 0. The van der Waals surface area contributed by atoms with Gasteiger partial charge in [0.1, 0.15) is 5.82 Å². The van der Waals surface area contributed by atoms with E-state index in [1.807, 2.05) is 0 Å². The average molecular weight is 227 g/mol. The van der Waals surface area contributed by atoms with Gasteiger partial charge in [-0.05, 0) is 43.4 Å². The predicted molar refractivity (Wildman–Crippen MR) is 67.8 cm³/mol. The van der Waals surface area contributed by atoms with Crippen LogP contribution in [-0.4, -0.2) is 9.97 Å². The van der Waals surface area contributed by atoms with Crippen LogP contribution >= 0.6 is 0 Å². The van der Waals surface area contributed by atoms with Crippen molar-refractivity contribution in [2.45, 2.75) is 43.6 Å². The minimum Gasteiger partial charge on any atom is -0.342 e. The molecule has 88 valence electrons. The number of aromatic amines is 1. The van der Waals surface area contributed by atoms with E-state index in [1.165, 1.54) is 30.7 Å². The lowest BCUT2D eigenvalue weighted by molar-refractivity contribution is 0.405. The van der Waals surface area contributed by atoms with Gasteiger partial charge in [-0.15, -0.1) is 0 Å². The summed E-state index contributed by atoms with van der Waals surface area (Å²) in [6, 6.07) is 6.44. The highest BCUT2D eigenvalue weighted by Crippen LogP contribution is 2.43. The van der Waals surface area contributed by atoms with Crippen LogP contribution in [0.4, 0.5) is 0 Å². The molecule has 2 aliphatic carbocycles. The van der Waals surface area contributed by atoms with E-state index in [0.717, 1.165) is 23.9 Å². The monoisotopic (exact) mass is 227 g/mol. The number of fused-ring (bicyclic) bond motifs is 1. The third kappa shape index (κ3) is 1.42. The number of hydrogen-bond donors (Lipinski definition) is 2. The molecular formula is C14H17N3. The first-order valence-corrected chi connectivity index (χ1v) is 6.54. The summed E-state index contributed by atoms with van der Waals surface area (Å²) in [4.78, 5) is 8.15. The summed E-state index contributed by atoms with van der Waals surface area (Å²) in [6.45, 7) is 0. The van der Waals surface area contributed by atoms with Crippen LogP contribution in [0.2, 0.25) is 0 Å². The Balaban J connectivity index is 1.78. The number of nitrogens with one attached hydrogen (secondary N) is 1. The standard InChI is InChI=1S/C14H17N3/c15-14(6-7-14)10-4-5-11-12(8-10)17-13(16-11)9-2-1-3-9/h4-5,8-9H,1-3,6-7,15H2,(H,16,17). The lowest BCUT2D eigenvalue weighted by Gasteiger charge is -2.22. The Labute approximate surface area is 100 Å². The van der Waals surface area contributed by atoms with Gasteiger partial charge >= 0.3 is 0 Å². The van der Waals surface area contributed by atoms with Crippen LogP contribution in [0.1, 0.15) is 49.4 Å². The Bertz CT molecular complexity index is 576. The van der Waals surface area contributed by atoms with Gasteiger partial charge in [-0.3, -0.25) is 0 Å². The van der Waals surface area contributed by atoms with Gasteiger partial charge in [-0.1, -0.05) is 12.5 Å². The van der Waals surface area contributed by atoms with Crippen LogP contribution in [0.15, 0.2) is 18.2 Å². The lowest BCUT2D eigenvalue weighted by atomic mass is 9.85. The zero-order chi connectivity index (χ0) is 11.5. The van der Waals surface area contributed by atoms with Crippen molar-refractivity contribution < 1.29 is 0 Å². The maximum Gasteiger partial charge on any atom is 0.110 e. The fraction of sp³-hybridized carbons (Fsp3) is 0.500. The summed E-state index contributed by atoms with van der Waals surface area (Å²) < 4.78 is 0. The number of hydrogen-bond acceptors (Lipinski definition) is 2. The largest absolute Gasteiger partial charge is 0.342 e. The second-order valence-corrected chi connectivity index (χ2v) is 5.64. The molecule has 2 aromatic rings. The summed E-state index contributed by atoms with van der Waals surface area (Å²) in [7, 11) is 0. The first kappa shape index (κ1) is 9.66. The molecule has 0 atom stereocenters. The fourth-order valence-corrected chi connectivity index (χ4v) is 2.64. The molecule has 0 radical (unpaired) electrons. The maximum atomic E-state index is 6.23. The first-order valence-electron chi connectivity index (χ1n) is 6.54. The Morgan fingerprint density at radius 1 is 1.29 bits per heavy atom. The van der Waals surface area contributed by atoms with Crippen LogP contribution in [0.3, 0.4) is 0 Å². The van der Waals surface area contributed by atoms with Gasteiger partial charge in [-0.2, -0.15) is 0 Å². The fourth-order valence-electron chi connectivity index (χ4n) is 2.64. The molecule has 2 saturated carbocycles. The molecule has 2 aliphatic rings. The van der Waals surface area contributed by atoms with Crippen LogP contribution in [0.25, 0.3) is 11.0 Å². The Hall–Kier alpha value is -1.35. The molecule has 3 nitrogen and oxygen atoms in total. The van der Waals surface area contributed by atoms with E-state index in [0.29, 0.717) is 5.92 Å². The highest BCUT2D eigenvalue weighted by atomic mass is 14.9. The molecule has 0 unspecified atom stereocenters. The zero-order valence-corrected chi connectivity index (χ0v) is 9.87. The van der Waals surface area contributed by atoms with Crippen LogP contribution in [-0.2, 0) is 5.54 Å². The molecule has 3 heteroatoms. The van der Waals surface area contributed by atoms with Gasteiger partial charge in [0.15, 0.2) is 0 Å². The molecule has 1 aromatic heterocycles. The van der Waals surface area contributed by atoms with E-state index in [4.69, 9.17) is 5.73 Å². The van der Waals surface area contributed by atoms with Crippen LogP contribution in [0.5, 0.6) is 0 Å². The van der Waals surface area contributed by atoms with Gasteiger partial charge in [0.05, 0.1) is 11.0 Å². The van der Waals surface area contributed by atoms with Crippen molar-refractivity contribution in [1.29, 1.82) is 0 Å². The van der Waals surface area contributed by atoms with Crippen LogP contribution < -0.4 is 5.73 Å². The average Bonchev–Trinajstić information content (AvgIpc) is 2.87. The van der Waals surface area contributed by atoms with E-state index in [-0.39, 0.29) is 5.54 Å². The normalized spacial score (nSPS) is 22.6. The maximum absolute atomic E-state index is 6.23. The van der Waals surface area contributed by atoms with Crippen LogP contribution in [0, 0.1) is 0 Å².